The first-order chi connectivity index (χ1) is 7.69. The third-order valence-corrected chi connectivity index (χ3v) is 4.05. The van der Waals surface area contributed by atoms with E-state index < -0.39 is 0 Å². The highest BCUT2D eigenvalue weighted by Gasteiger charge is 2.26. The fourth-order valence-corrected chi connectivity index (χ4v) is 3.03. The van der Waals surface area contributed by atoms with Crippen LogP contribution in [0.3, 0.4) is 0 Å². The average Bonchev–Trinajstić information content (AvgIpc) is 2.67. The zero-order valence-electron chi connectivity index (χ0n) is 11.6. The first kappa shape index (κ1) is 14.0. The van der Waals surface area contributed by atoms with Gasteiger partial charge in [0.25, 0.3) is 0 Å². The molecule has 0 heterocycles. The third kappa shape index (κ3) is 4.06. The van der Waals surface area contributed by atoms with Crippen LogP contribution in [-0.4, -0.2) is 36.6 Å². The van der Waals surface area contributed by atoms with E-state index in [4.69, 9.17) is 0 Å². The summed E-state index contributed by atoms with van der Waals surface area (Å²) in [6.45, 7) is 12.7. The van der Waals surface area contributed by atoms with Gasteiger partial charge in [-0.2, -0.15) is 0 Å². The molecule has 2 atom stereocenters. The summed E-state index contributed by atoms with van der Waals surface area (Å²) in [6.07, 6.45) is 5.64. The van der Waals surface area contributed by atoms with Crippen LogP contribution in [0.5, 0.6) is 0 Å². The van der Waals surface area contributed by atoms with Gasteiger partial charge in [-0.15, -0.1) is 0 Å². The molecular weight excluding hydrogens is 196 g/mol. The van der Waals surface area contributed by atoms with Gasteiger partial charge in [0.05, 0.1) is 0 Å². The van der Waals surface area contributed by atoms with Crippen molar-refractivity contribution in [2.24, 2.45) is 5.92 Å². The number of hydrogen-bond acceptors (Lipinski definition) is 2. The molecule has 0 aromatic rings. The topological polar surface area (TPSA) is 15.3 Å². The lowest BCUT2D eigenvalue weighted by molar-refractivity contribution is 0.209. The van der Waals surface area contributed by atoms with Crippen LogP contribution in [-0.2, 0) is 0 Å². The molecule has 1 rings (SSSR count). The van der Waals surface area contributed by atoms with E-state index in [0.29, 0.717) is 6.04 Å². The molecule has 16 heavy (non-hydrogen) atoms. The van der Waals surface area contributed by atoms with Crippen LogP contribution in [0.15, 0.2) is 0 Å². The summed E-state index contributed by atoms with van der Waals surface area (Å²) in [7, 11) is 0. The van der Waals surface area contributed by atoms with Gasteiger partial charge in [0.2, 0.25) is 0 Å². The molecule has 2 nitrogen and oxygen atoms in total. The van der Waals surface area contributed by atoms with E-state index in [9.17, 15) is 0 Å². The third-order valence-electron chi connectivity index (χ3n) is 4.05. The molecule has 2 unspecified atom stereocenters. The van der Waals surface area contributed by atoms with Crippen LogP contribution in [0.1, 0.15) is 53.4 Å². The van der Waals surface area contributed by atoms with Crippen LogP contribution in [0.2, 0.25) is 0 Å². The molecule has 1 saturated carbocycles. The summed E-state index contributed by atoms with van der Waals surface area (Å²) in [5, 5.41) is 3.65. The maximum atomic E-state index is 3.65. The Morgan fingerprint density at radius 2 is 2.00 bits per heavy atom. The van der Waals surface area contributed by atoms with E-state index in [-0.39, 0.29) is 0 Å². The summed E-state index contributed by atoms with van der Waals surface area (Å²) < 4.78 is 0. The van der Waals surface area contributed by atoms with Crippen molar-refractivity contribution in [3.8, 4) is 0 Å². The Bertz CT molecular complexity index is 180. The SMILES string of the molecule is CCNC1CCCC1CCN(CC)C(C)C. The molecule has 0 radical (unpaired) electrons. The molecular formula is C14H30N2. The van der Waals surface area contributed by atoms with Crippen molar-refractivity contribution in [1.29, 1.82) is 0 Å². The summed E-state index contributed by atoms with van der Waals surface area (Å²) in [5.74, 6) is 0.924. The fraction of sp³-hybridized carbons (Fsp3) is 1.00. The van der Waals surface area contributed by atoms with Crippen molar-refractivity contribution in [2.45, 2.75) is 65.5 Å². The minimum Gasteiger partial charge on any atom is -0.314 e. The van der Waals surface area contributed by atoms with Crippen molar-refractivity contribution in [3.05, 3.63) is 0 Å². The highest BCUT2D eigenvalue weighted by Crippen LogP contribution is 2.28. The molecule has 0 aliphatic heterocycles. The summed E-state index contributed by atoms with van der Waals surface area (Å²) in [6, 6.07) is 1.50. The normalized spacial score (nSPS) is 25.9. The van der Waals surface area contributed by atoms with Crippen LogP contribution in [0, 0.1) is 5.92 Å². The predicted molar refractivity (Wildman–Crippen MR) is 71.8 cm³/mol. The molecule has 0 aromatic carbocycles. The Hall–Kier alpha value is -0.0800. The molecule has 1 aliphatic rings. The lowest BCUT2D eigenvalue weighted by atomic mass is 9.99. The minimum absolute atomic E-state index is 0.698. The molecule has 0 spiro atoms. The first-order valence-corrected chi connectivity index (χ1v) is 7.16. The Morgan fingerprint density at radius 1 is 1.25 bits per heavy atom. The second kappa shape index (κ2) is 7.29. The van der Waals surface area contributed by atoms with E-state index in [1.165, 1.54) is 38.8 Å². The minimum atomic E-state index is 0.698. The van der Waals surface area contributed by atoms with Gasteiger partial charge in [0, 0.05) is 12.1 Å². The number of hydrogen-bond donors (Lipinski definition) is 1. The second-order valence-electron chi connectivity index (χ2n) is 5.37. The van der Waals surface area contributed by atoms with Gasteiger partial charge >= 0.3 is 0 Å². The molecule has 0 saturated heterocycles. The zero-order valence-corrected chi connectivity index (χ0v) is 11.6. The van der Waals surface area contributed by atoms with Crippen LogP contribution in [0.4, 0.5) is 0 Å². The lowest BCUT2D eigenvalue weighted by Gasteiger charge is -2.28. The van der Waals surface area contributed by atoms with Crippen LogP contribution < -0.4 is 5.32 Å². The van der Waals surface area contributed by atoms with E-state index in [1.54, 1.807) is 0 Å². The quantitative estimate of drug-likeness (QED) is 0.718. The summed E-state index contributed by atoms with van der Waals surface area (Å²) >= 11 is 0. The monoisotopic (exact) mass is 226 g/mol. The van der Waals surface area contributed by atoms with Gasteiger partial charge in [-0.05, 0) is 58.7 Å². The van der Waals surface area contributed by atoms with Gasteiger partial charge in [-0.25, -0.2) is 0 Å². The Labute approximate surface area is 102 Å². The molecule has 0 aromatic heterocycles. The van der Waals surface area contributed by atoms with Gasteiger partial charge in [-0.1, -0.05) is 20.3 Å². The summed E-state index contributed by atoms with van der Waals surface area (Å²) in [4.78, 5) is 2.58. The summed E-state index contributed by atoms with van der Waals surface area (Å²) in [5.41, 5.74) is 0. The Kier molecular flexibility index (Phi) is 6.37. The van der Waals surface area contributed by atoms with Crippen molar-refractivity contribution in [1.82, 2.24) is 10.2 Å². The van der Waals surface area contributed by atoms with Crippen LogP contribution in [0.25, 0.3) is 0 Å². The van der Waals surface area contributed by atoms with Gasteiger partial charge < -0.3 is 10.2 Å². The van der Waals surface area contributed by atoms with E-state index >= 15 is 0 Å². The maximum absolute atomic E-state index is 3.65. The Balaban J connectivity index is 2.30. The Morgan fingerprint density at radius 3 is 2.56 bits per heavy atom. The molecule has 1 aliphatic carbocycles. The standard InChI is InChI=1S/C14H30N2/c1-5-15-14-9-7-8-13(14)10-11-16(6-2)12(3)4/h12-15H,5-11H2,1-4H3. The van der Waals surface area contributed by atoms with Crippen molar-refractivity contribution < 1.29 is 0 Å². The molecule has 1 fully saturated rings. The number of nitrogens with one attached hydrogen (secondary N) is 1. The molecule has 2 heteroatoms. The molecule has 0 amide bonds. The zero-order chi connectivity index (χ0) is 12.0. The highest BCUT2D eigenvalue weighted by atomic mass is 15.1. The van der Waals surface area contributed by atoms with Crippen molar-refractivity contribution in [2.75, 3.05) is 19.6 Å². The van der Waals surface area contributed by atoms with E-state index in [1.807, 2.05) is 0 Å². The smallest absolute Gasteiger partial charge is 0.00956 e. The molecule has 96 valence electrons. The van der Waals surface area contributed by atoms with E-state index in [2.05, 4.69) is 37.9 Å². The first-order valence-electron chi connectivity index (χ1n) is 7.16. The average molecular weight is 226 g/mol. The van der Waals surface area contributed by atoms with Crippen molar-refractivity contribution in [3.63, 3.8) is 0 Å². The predicted octanol–water partition coefficient (Wildman–Crippen LogP) is 2.89. The van der Waals surface area contributed by atoms with Gasteiger partial charge in [-0.3, -0.25) is 0 Å². The fourth-order valence-electron chi connectivity index (χ4n) is 3.03. The maximum Gasteiger partial charge on any atom is 0.00956 e. The second-order valence-corrected chi connectivity index (χ2v) is 5.37. The molecule has 0 bridgehead atoms. The lowest BCUT2D eigenvalue weighted by Crippen LogP contribution is -2.36. The number of nitrogens with zero attached hydrogens (tertiary/aromatic N) is 1. The van der Waals surface area contributed by atoms with Gasteiger partial charge in [0.1, 0.15) is 0 Å². The van der Waals surface area contributed by atoms with E-state index in [0.717, 1.165) is 18.5 Å². The van der Waals surface area contributed by atoms with Crippen molar-refractivity contribution >= 4 is 0 Å². The highest BCUT2D eigenvalue weighted by molar-refractivity contribution is 4.83. The van der Waals surface area contributed by atoms with Crippen LogP contribution >= 0.6 is 0 Å². The molecule has 1 N–H and O–H groups in total. The number of rotatable bonds is 7. The van der Waals surface area contributed by atoms with Gasteiger partial charge in [0.15, 0.2) is 0 Å². The largest absolute Gasteiger partial charge is 0.314 e.